The van der Waals surface area contributed by atoms with Crippen LogP contribution in [-0.4, -0.2) is 53.4 Å². The zero-order valence-electron chi connectivity index (χ0n) is 8.94. The molecule has 0 aromatic heterocycles. The van der Waals surface area contributed by atoms with Crippen LogP contribution in [0.2, 0.25) is 0 Å². The van der Waals surface area contributed by atoms with Crippen LogP contribution in [0.25, 0.3) is 0 Å². The fourth-order valence-corrected chi connectivity index (χ4v) is 2.10. The summed E-state index contributed by atoms with van der Waals surface area (Å²) in [5.74, 6) is -2.41. The van der Waals surface area contributed by atoms with Crippen molar-refractivity contribution in [3.05, 3.63) is 0 Å². The second-order valence-electron chi connectivity index (χ2n) is 4.22. The third-order valence-electron chi connectivity index (χ3n) is 2.90. The van der Waals surface area contributed by atoms with Gasteiger partial charge in [0.25, 0.3) is 0 Å². The van der Waals surface area contributed by atoms with Crippen molar-refractivity contribution >= 4 is 11.9 Å². The van der Waals surface area contributed by atoms with Gasteiger partial charge in [0.15, 0.2) is 0 Å². The van der Waals surface area contributed by atoms with Gasteiger partial charge < -0.3 is 15.1 Å². The maximum absolute atomic E-state index is 10.6. The average Bonchev–Trinajstić information content (AvgIpc) is 2.65. The second-order valence-corrected chi connectivity index (χ2v) is 4.22. The van der Waals surface area contributed by atoms with Gasteiger partial charge in [-0.2, -0.15) is 13.2 Å². The Morgan fingerprint density at radius 2 is 1.53 bits per heavy atom. The summed E-state index contributed by atoms with van der Waals surface area (Å²) in [4.78, 5) is 21.6. The van der Waals surface area contributed by atoms with E-state index in [1.807, 2.05) is 7.05 Å². The minimum atomic E-state index is -5.08. The Bertz CT molecular complexity index is 319. The largest absolute Gasteiger partial charge is 0.490 e. The molecule has 2 aliphatic rings. The molecule has 1 aliphatic carbocycles. The Morgan fingerprint density at radius 1 is 1.18 bits per heavy atom. The van der Waals surface area contributed by atoms with Crippen LogP contribution in [0.4, 0.5) is 13.2 Å². The minimum Gasteiger partial charge on any atom is -0.481 e. The van der Waals surface area contributed by atoms with Crippen molar-refractivity contribution in [2.24, 2.45) is 17.8 Å². The Labute approximate surface area is 94.8 Å². The number of carboxylic acid groups (broad SMARTS) is 2. The summed E-state index contributed by atoms with van der Waals surface area (Å²) in [6, 6.07) is 0. The van der Waals surface area contributed by atoms with E-state index < -0.39 is 18.1 Å². The van der Waals surface area contributed by atoms with Gasteiger partial charge in [-0.05, 0) is 18.9 Å². The molecule has 17 heavy (non-hydrogen) atoms. The topological polar surface area (TPSA) is 77.8 Å². The summed E-state index contributed by atoms with van der Waals surface area (Å²) in [6.45, 7) is 1.98. The number of aliphatic carboxylic acids is 2. The number of fused-ring (bicyclic) bond motifs is 1. The predicted octanol–water partition coefficient (Wildman–Crippen LogP) is 0.512. The van der Waals surface area contributed by atoms with Crippen molar-refractivity contribution < 1.29 is 33.0 Å². The molecular formula is C9H12F3NO4. The molecule has 0 spiro atoms. The number of rotatable bonds is 1. The van der Waals surface area contributed by atoms with Gasteiger partial charge in [0.2, 0.25) is 0 Å². The summed E-state index contributed by atoms with van der Waals surface area (Å²) in [5.41, 5.74) is 0. The van der Waals surface area contributed by atoms with E-state index in [4.69, 9.17) is 15.0 Å². The molecule has 1 saturated carbocycles. The molecule has 8 heteroatoms. The van der Waals surface area contributed by atoms with Gasteiger partial charge in [0.05, 0.1) is 5.92 Å². The van der Waals surface area contributed by atoms with Gasteiger partial charge >= 0.3 is 18.1 Å². The molecule has 98 valence electrons. The molecule has 1 heterocycles. The monoisotopic (exact) mass is 255 g/mol. The molecule has 0 aromatic rings. The number of alkyl halides is 3. The highest BCUT2D eigenvalue weighted by Gasteiger charge is 2.58. The molecule has 0 bridgehead atoms. The summed E-state index contributed by atoms with van der Waals surface area (Å²) in [5, 5.41) is 15.8. The van der Waals surface area contributed by atoms with Crippen molar-refractivity contribution in [3.63, 3.8) is 0 Å². The molecule has 2 fully saturated rings. The number of likely N-dealkylation sites (tertiary alicyclic amines) is 1. The first-order valence-corrected chi connectivity index (χ1v) is 4.86. The van der Waals surface area contributed by atoms with Crippen LogP contribution in [0, 0.1) is 17.8 Å². The molecular weight excluding hydrogens is 243 g/mol. The van der Waals surface area contributed by atoms with Crippen molar-refractivity contribution in [1.29, 1.82) is 0 Å². The zero-order valence-corrected chi connectivity index (χ0v) is 8.94. The van der Waals surface area contributed by atoms with Crippen LogP contribution in [0.15, 0.2) is 0 Å². The van der Waals surface area contributed by atoms with E-state index in [-0.39, 0.29) is 5.92 Å². The molecule has 0 amide bonds. The first-order valence-electron chi connectivity index (χ1n) is 4.86. The lowest BCUT2D eigenvalue weighted by Crippen LogP contribution is -2.21. The standard InChI is InChI=1S/C7H11NO2.C2HF3O2/c1-8-2-4-5(3-8)6(4)7(9)10;3-2(4,5)1(6)7/h4-6H,2-3H2,1H3,(H,9,10);(H,6,7). The van der Waals surface area contributed by atoms with Crippen LogP contribution in [0.5, 0.6) is 0 Å². The summed E-state index contributed by atoms with van der Waals surface area (Å²) < 4.78 is 31.7. The van der Waals surface area contributed by atoms with Crippen molar-refractivity contribution in [1.82, 2.24) is 4.90 Å². The lowest BCUT2D eigenvalue weighted by Gasteiger charge is -2.09. The van der Waals surface area contributed by atoms with Gasteiger partial charge in [-0.3, -0.25) is 4.79 Å². The molecule has 2 N–H and O–H groups in total. The van der Waals surface area contributed by atoms with Gasteiger partial charge in [0.1, 0.15) is 0 Å². The third-order valence-corrected chi connectivity index (χ3v) is 2.90. The Morgan fingerprint density at radius 3 is 1.76 bits per heavy atom. The first kappa shape index (κ1) is 13.8. The van der Waals surface area contributed by atoms with Crippen LogP contribution in [-0.2, 0) is 9.59 Å². The van der Waals surface area contributed by atoms with E-state index in [0.29, 0.717) is 11.8 Å². The van der Waals surface area contributed by atoms with Crippen molar-refractivity contribution in [2.45, 2.75) is 6.18 Å². The van der Waals surface area contributed by atoms with Crippen LogP contribution < -0.4 is 0 Å². The molecule has 2 atom stereocenters. The van der Waals surface area contributed by atoms with E-state index in [0.717, 1.165) is 13.1 Å². The molecule has 0 aromatic carbocycles. The van der Waals surface area contributed by atoms with Crippen LogP contribution >= 0.6 is 0 Å². The molecule has 5 nitrogen and oxygen atoms in total. The number of carboxylic acids is 2. The first-order chi connectivity index (χ1) is 7.64. The maximum Gasteiger partial charge on any atom is 0.490 e. The Hall–Kier alpha value is -1.31. The summed E-state index contributed by atoms with van der Waals surface area (Å²) in [6.07, 6.45) is -5.08. The number of hydrogen-bond acceptors (Lipinski definition) is 3. The van der Waals surface area contributed by atoms with E-state index in [9.17, 15) is 18.0 Å². The van der Waals surface area contributed by atoms with Crippen molar-refractivity contribution in [2.75, 3.05) is 20.1 Å². The average molecular weight is 255 g/mol. The zero-order chi connectivity index (χ0) is 13.4. The van der Waals surface area contributed by atoms with Gasteiger partial charge in [0, 0.05) is 13.1 Å². The highest BCUT2D eigenvalue weighted by Crippen LogP contribution is 2.51. The normalized spacial score (nSPS) is 31.2. The number of nitrogens with zero attached hydrogens (tertiary/aromatic N) is 1. The number of halogens is 3. The lowest BCUT2D eigenvalue weighted by molar-refractivity contribution is -0.192. The fourth-order valence-electron chi connectivity index (χ4n) is 2.10. The van der Waals surface area contributed by atoms with Crippen LogP contribution in [0.1, 0.15) is 0 Å². The second kappa shape index (κ2) is 4.52. The molecule has 1 aliphatic heterocycles. The van der Waals surface area contributed by atoms with Crippen molar-refractivity contribution in [3.8, 4) is 0 Å². The lowest BCUT2D eigenvalue weighted by atomic mass is 10.3. The highest BCUT2D eigenvalue weighted by molar-refractivity contribution is 5.74. The van der Waals surface area contributed by atoms with E-state index in [1.165, 1.54) is 0 Å². The van der Waals surface area contributed by atoms with E-state index >= 15 is 0 Å². The fraction of sp³-hybridized carbons (Fsp3) is 0.778. The smallest absolute Gasteiger partial charge is 0.481 e. The van der Waals surface area contributed by atoms with E-state index in [1.54, 1.807) is 0 Å². The van der Waals surface area contributed by atoms with Gasteiger partial charge in [-0.15, -0.1) is 0 Å². The van der Waals surface area contributed by atoms with Crippen LogP contribution in [0.3, 0.4) is 0 Å². The molecule has 0 radical (unpaired) electrons. The van der Waals surface area contributed by atoms with E-state index in [2.05, 4.69) is 4.90 Å². The molecule has 2 rings (SSSR count). The van der Waals surface area contributed by atoms with Gasteiger partial charge in [-0.25, -0.2) is 4.79 Å². The Balaban J connectivity index is 0.000000185. The number of hydrogen-bond donors (Lipinski definition) is 2. The number of carbonyl (C=O) groups is 2. The maximum atomic E-state index is 10.6. The summed E-state index contributed by atoms with van der Waals surface area (Å²) >= 11 is 0. The minimum absolute atomic E-state index is 0.00352. The predicted molar refractivity (Wildman–Crippen MR) is 49.3 cm³/mol. The molecule has 1 saturated heterocycles. The summed E-state index contributed by atoms with van der Waals surface area (Å²) in [7, 11) is 2.05. The highest BCUT2D eigenvalue weighted by atomic mass is 19.4. The van der Waals surface area contributed by atoms with Gasteiger partial charge in [-0.1, -0.05) is 0 Å². The quantitative estimate of drug-likeness (QED) is 0.714. The SMILES string of the molecule is CN1CC2C(C1)C2C(=O)O.O=C(O)C(F)(F)F. The number of piperidine rings is 1. The molecule has 2 unspecified atom stereocenters. The third kappa shape index (κ3) is 3.32. The Kier molecular flexibility index (Phi) is 3.65.